The highest BCUT2D eigenvalue weighted by atomic mass is 19.1. The van der Waals surface area contributed by atoms with Crippen LogP contribution < -0.4 is 15.4 Å². The summed E-state index contributed by atoms with van der Waals surface area (Å²) in [5.41, 5.74) is 0.642. The summed E-state index contributed by atoms with van der Waals surface area (Å²) in [5, 5.41) is 6.25. The lowest BCUT2D eigenvalue weighted by atomic mass is 10.2. The Labute approximate surface area is 96.0 Å². The van der Waals surface area contributed by atoms with E-state index in [1.165, 1.54) is 6.07 Å². The molecule has 0 heterocycles. The molecular weight excluding hydrogens is 207 g/mol. The number of rotatable bonds is 7. The molecule has 16 heavy (non-hydrogen) atoms. The monoisotopic (exact) mass is 226 g/mol. The van der Waals surface area contributed by atoms with Gasteiger partial charge >= 0.3 is 0 Å². The number of halogens is 1. The van der Waals surface area contributed by atoms with Crippen molar-refractivity contribution in [2.75, 3.05) is 27.2 Å². The molecule has 0 fully saturated rings. The number of nitrogens with one attached hydrogen (secondary N) is 2. The van der Waals surface area contributed by atoms with Crippen molar-refractivity contribution >= 4 is 0 Å². The van der Waals surface area contributed by atoms with Crippen molar-refractivity contribution in [1.29, 1.82) is 0 Å². The van der Waals surface area contributed by atoms with E-state index in [1.807, 2.05) is 7.05 Å². The Morgan fingerprint density at radius 2 is 2.12 bits per heavy atom. The lowest BCUT2D eigenvalue weighted by Crippen LogP contribution is -2.19. The largest absolute Gasteiger partial charge is 0.497 e. The van der Waals surface area contributed by atoms with Gasteiger partial charge < -0.3 is 15.4 Å². The third-order valence-corrected chi connectivity index (χ3v) is 2.35. The predicted octanol–water partition coefficient (Wildman–Crippen LogP) is 1.53. The van der Waals surface area contributed by atoms with E-state index in [2.05, 4.69) is 10.6 Å². The molecule has 4 heteroatoms. The molecule has 2 N–H and O–H groups in total. The van der Waals surface area contributed by atoms with Crippen LogP contribution in [0.25, 0.3) is 0 Å². The second-order valence-electron chi connectivity index (χ2n) is 3.59. The molecule has 3 nitrogen and oxygen atoms in total. The fraction of sp³-hybridized carbons (Fsp3) is 0.500. The molecule has 0 aliphatic heterocycles. The van der Waals surface area contributed by atoms with Crippen LogP contribution in [0.3, 0.4) is 0 Å². The van der Waals surface area contributed by atoms with Crippen LogP contribution in [0, 0.1) is 5.82 Å². The Kier molecular flexibility index (Phi) is 5.82. The first-order chi connectivity index (χ1) is 7.77. The van der Waals surface area contributed by atoms with Gasteiger partial charge in [-0.3, -0.25) is 0 Å². The lowest BCUT2D eigenvalue weighted by molar-refractivity contribution is 0.412. The van der Waals surface area contributed by atoms with E-state index >= 15 is 0 Å². The van der Waals surface area contributed by atoms with Gasteiger partial charge in [-0.25, -0.2) is 4.39 Å². The first kappa shape index (κ1) is 12.9. The first-order valence-corrected chi connectivity index (χ1v) is 5.45. The molecule has 0 amide bonds. The maximum Gasteiger partial charge on any atom is 0.127 e. The smallest absolute Gasteiger partial charge is 0.127 e. The van der Waals surface area contributed by atoms with E-state index in [0.717, 1.165) is 19.5 Å². The molecule has 0 aliphatic carbocycles. The van der Waals surface area contributed by atoms with E-state index < -0.39 is 0 Å². The van der Waals surface area contributed by atoms with Gasteiger partial charge in [0.2, 0.25) is 0 Å². The van der Waals surface area contributed by atoms with E-state index in [4.69, 9.17) is 4.74 Å². The van der Waals surface area contributed by atoms with Crippen molar-refractivity contribution in [3.63, 3.8) is 0 Å². The number of methoxy groups -OCH3 is 1. The van der Waals surface area contributed by atoms with Crippen LogP contribution in [0.2, 0.25) is 0 Å². The highest BCUT2D eigenvalue weighted by Gasteiger charge is 2.03. The van der Waals surface area contributed by atoms with Crippen LogP contribution in [-0.2, 0) is 6.54 Å². The summed E-state index contributed by atoms with van der Waals surface area (Å²) in [6.45, 7) is 2.37. The third-order valence-electron chi connectivity index (χ3n) is 2.35. The SMILES string of the molecule is CNCCCNCc1cc(OC)ccc1F. The van der Waals surface area contributed by atoms with Gasteiger partial charge in [-0.15, -0.1) is 0 Å². The van der Waals surface area contributed by atoms with Gasteiger partial charge in [0.05, 0.1) is 7.11 Å². The standard InChI is InChI=1S/C12H19FN2O/c1-14-6-3-7-15-9-10-8-11(16-2)4-5-12(10)13/h4-5,8,14-15H,3,6-7,9H2,1-2H3. The van der Waals surface area contributed by atoms with Crippen molar-refractivity contribution in [3.05, 3.63) is 29.6 Å². The van der Waals surface area contributed by atoms with Crippen LogP contribution in [0.5, 0.6) is 5.75 Å². The highest BCUT2D eigenvalue weighted by molar-refractivity contribution is 5.29. The summed E-state index contributed by atoms with van der Waals surface area (Å²) in [7, 11) is 3.50. The van der Waals surface area contributed by atoms with E-state index in [9.17, 15) is 4.39 Å². The third kappa shape index (κ3) is 4.16. The van der Waals surface area contributed by atoms with Crippen molar-refractivity contribution in [2.45, 2.75) is 13.0 Å². The maximum absolute atomic E-state index is 13.4. The molecule has 0 unspecified atom stereocenters. The molecule has 90 valence electrons. The normalized spacial score (nSPS) is 10.4. The molecule has 0 radical (unpaired) electrons. The van der Waals surface area contributed by atoms with Crippen molar-refractivity contribution in [1.82, 2.24) is 10.6 Å². The quantitative estimate of drug-likeness (QED) is 0.692. The zero-order valence-corrected chi connectivity index (χ0v) is 9.85. The Bertz CT molecular complexity index is 318. The topological polar surface area (TPSA) is 33.3 Å². The molecule has 0 spiro atoms. The van der Waals surface area contributed by atoms with Crippen LogP contribution in [-0.4, -0.2) is 27.2 Å². The molecule has 0 bridgehead atoms. The van der Waals surface area contributed by atoms with Gasteiger partial charge in [-0.05, 0) is 44.8 Å². The summed E-state index contributed by atoms with van der Waals surface area (Å²) in [5.74, 6) is 0.496. The minimum absolute atomic E-state index is 0.193. The fourth-order valence-electron chi connectivity index (χ4n) is 1.43. The minimum atomic E-state index is -0.193. The molecule has 0 aromatic heterocycles. The second kappa shape index (κ2) is 7.19. The predicted molar refractivity (Wildman–Crippen MR) is 63.2 cm³/mol. The van der Waals surface area contributed by atoms with Gasteiger partial charge in [-0.2, -0.15) is 0 Å². The molecule has 0 aliphatic rings. The van der Waals surface area contributed by atoms with Crippen LogP contribution >= 0.6 is 0 Å². The molecule has 1 aromatic carbocycles. The number of benzene rings is 1. The van der Waals surface area contributed by atoms with Crippen LogP contribution in [0.15, 0.2) is 18.2 Å². The van der Waals surface area contributed by atoms with Gasteiger partial charge in [-0.1, -0.05) is 0 Å². The molecular formula is C12H19FN2O. The Morgan fingerprint density at radius 1 is 1.31 bits per heavy atom. The minimum Gasteiger partial charge on any atom is -0.497 e. The maximum atomic E-state index is 13.4. The van der Waals surface area contributed by atoms with E-state index in [0.29, 0.717) is 17.9 Å². The van der Waals surface area contributed by atoms with Gasteiger partial charge in [0, 0.05) is 12.1 Å². The first-order valence-electron chi connectivity index (χ1n) is 5.45. The van der Waals surface area contributed by atoms with Crippen molar-refractivity contribution in [2.24, 2.45) is 0 Å². The Hall–Kier alpha value is -1.13. The van der Waals surface area contributed by atoms with Crippen molar-refractivity contribution in [3.8, 4) is 5.75 Å². The fourth-order valence-corrected chi connectivity index (χ4v) is 1.43. The summed E-state index contributed by atoms with van der Waals surface area (Å²) >= 11 is 0. The van der Waals surface area contributed by atoms with Crippen molar-refractivity contribution < 1.29 is 9.13 Å². The molecule has 0 atom stereocenters. The molecule has 1 aromatic rings. The Morgan fingerprint density at radius 3 is 2.81 bits per heavy atom. The number of hydrogen-bond acceptors (Lipinski definition) is 3. The van der Waals surface area contributed by atoms with Gasteiger partial charge in [0.1, 0.15) is 11.6 Å². The molecule has 0 saturated carbocycles. The van der Waals surface area contributed by atoms with Crippen LogP contribution in [0.4, 0.5) is 4.39 Å². The number of hydrogen-bond donors (Lipinski definition) is 2. The average Bonchev–Trinajstić information content (AvgIpc) is 2.31. The summed E-state index contributed by atoms with van der Waals surface area (Å²) in [6, 6.07) is 4.78. The lowest BCUT2D eigenvalue weighted by Gasteiger charge is -2.07. The van der Waals surface area contributed by atoms with E-state index in [-0.39, 0.29) is 5.82 Å². The van der Waals surface area contributed by atoms with E-state index in [1.54, 1.807) is 19.2 Å². The second-order valence-corrected chi connectivity index (χ2v) is 3.59. The van der Waals surface area contributed by atoms with Gasteiger partial charge in [0.25, 0.3) is 0 Å². The zero-order chi connectivity index (χ0) is 11.8. The highest BCUT2D eigenvalue weighted by Crippen LogP contribution is 2.16. The molecule has 0 saturated heterocycles. The Balaban J connectivity index is 2.40. The van der Waals surface area contributed by atoms with Crippen LogP contribution in [0.1, 0.15) is 12.0 Å². The summed E-state index contributed by atoms with van der Waals surface area (Å²) < 4.78 is 18.4. The summed E-state index contributed by atoms with van der Waals surface area (Å²) in [6.07, 6.45) is 1.03. The zero-order valence-electron chi connectivity index (χ0n) is 9.85. The summed E-state index contributed by atoms with van der Waals surface area (Å²) in [4.78, 5) is 0. The number of ether oxygens (including phenoxy) is 1. The average molecular weight is 226 g/mol. The van der Waals surface area contributed by atoms with Gasteiger partial charge in [0.15, 0.2) is 0 Å². The molecule has 1 rings (SSSR count).